The van der Waals surface area contributed by atoms with Crippen LogP contribution in [-0.2, 0) is 11.4 Å². The lowest BCUT2D eigenvalue weighted by atomic mass is 10.0. The van der Waals surface area contributed by atoms with E-state index in [1.165, 1.54) is 0 Å². The standard InChI is InChI=1S/C22H21N5O3/c1-23-21-18-11-25-20(27-22(29)13-3-4-13)9-17(18)16(19(12-28)26-21)8-6-14-5-7-15(30-2)10-24-14/h5,7,9-11,13,28H,3-4,12H2,1-2H3,(H,23,26)(H,25,27,29). The van der Waals surface area contributed by atoms with Crippen LogP contribution in [0.2, 0.25) is 0 Å². The lowest BCUT2D eigenvalue weighted by Gasteiger charge is -2.12. The highest BCUT2D eigenvalue weighted by Crippen LogP contribution is 2.31. The molecule has 1 amide bonds. The molecule has 3 aromatic rings. The lowest BCUT2D eigenvalue weighted by molar-refractivity contribution is -0.117. The molecular weight excluding hydrogens is 382 g/mol. The topological polar surface area (TPSA) is 109 Å². The average molecular weight is 403 g/mol. The number of ether oxygens (including phenoxy) is 1. The van der Waals surface area contributed by atoms with Crippen molar-refractivity contribution in [2.75, 3.05) is 24.8 Å². The Morgan fingerprint density at radius 3 is 2.70 bits per heavy atom. The maximum absolute atomic E-state index is 12.1. The Hall–Kier alpha value is -3.70. The van der Waals surface area contributed by atoms with E-state index >= 15 is 0 Å². The minimum Gasteiger partial charge on any atom is -0.495 e. The number of aromatic nitrogens is 3. The van der Waals surface area contributed by atoms with Crippen molar-refractivity contribution in [3.63, 3.8) is 0 Å². The van der Waals surface area contributed by atoms with Crippen LogP contribution in [0.5, 0.6) is 5.75 Å². The summed E-state index contributed by atoms with van der Waals surface area (Å²) in [5.41, 5.74) is 1.55. The molecule has 0 spiro atoms. The van der Waals surface area contributed by atoms with E-state index in [2.05, 4.69) is 37.4 Å². The average Bonchev–Trinajstić information content (AvgIpc) is 3.63. The molecule has 8 nitrogen and oxygen atoms in total. The van der Waals surface area contributed by atoms with Gasteiger partial charge in [0.25, 0.3) is 0 Å². The van der Waals surface area contributed by atoms with Crippen LogP contribution in [0, 0.1) is 17.8 Å². The monoisotopic (exact) mass is 403 g/mol. The number of carbonyl (C=O) groups excluding carboxylic acids is 1. The normalized spacial score (nSPS) is 12.8. The van der Waals surface area contributed by atoms with Crippen molar-refractivity contribution in [3.05, 3.63) is 47.5 Å². The molecule has 152 valence electrons. The van der Waals surface area contributed by atoms with E-state index in [0.29, 0.717) is 34.3 Å². The number of carbonyl (C=O) groups is 1. The Kier molecular flexibility index (Phi) is 5.46. The molecule has 0 aromatic carbocycles. The van der Waals surface area contributed by atoms with Gasteiger partial charge in [-0.2, -0.15) is 0 Å². The van der Waals surface area contributed by atoms with Crippen LogP contribution in [0.3, 0.4) is 0 Å². The van der Waals surface area contributed by atoms with E-state index < -0.39 is 0 Å². The highest BCUT2D eigenvalue weighted by molar-refractivity contribution is 6.00. The number of pyridine rings is 3. The molecule has 0 bridgehead atoms. The van der Waals surface area contributed by atoms with Gasteiger partial charge in [-0.3, -0.25) is 4.79 Å². The lowest BCUT2D eigenvalue weighted by Crippen LogP contribution is -2.14. The van der Waals surface area contributed by atoms with Crippen LogP contribution in [0.1, 0.15) is 29.8 Å². The number of methoxy groups -OCH3 is 1. The summed E-state index contributed by atoms with van der Waals surface area (Å²) < 4.78 is 5.12. The van der Waals surface area contributed by atoms with Crippen molar-refractivity contribution in [1.29, 1.82) is 0 Å². The van der Waals surface area contributed by atoms with E-state index in [1.807, 2.05) is 0 Å². The van der Waals surface area contributed by atoms with E-state index in [1.54, 1.807) is 44.8 Å². The Bertz CT molecular complexity index is 1160. The van der Waals surface area contributed by atoms with Gasteiger partial charge in [-0.25, -0.2) is 15.0 Å². The number of fused-ring (bicyclic) bond motifs is 1. The molecule has 30 heavy (non-hydrogen) atoms. The molecule has 1 saturated carbocycles. The molecule has 0 atom stereocenters. The fourth-order valence-corrected chi connectivity index (χ4v) is 3.05. The molecule has 0 unspecified atom stereocenters. The number of nitrogens with one attached hydrogen (secondary N) is 2. The van der Waals surface area contributed by atoms with Gasteiger partial charge in [-0.15, -0.1) is 0 Å². The third-order valence-corrected chi connectivity index (χ3v) is 4.84. The first-order valence-corrected chi connectivity index (χ1v) is 9.57. The number of hydrogen-bond donors (Lipinski definition) is 3. The van der Waals surface area contributed by atoms with Crippen molar-refractivity contribution in [3.8, 4) is 17.6 Å². The minimum absolute atomic E-state index is 0.0257. The van der Waals surface area contributed by atoms with Crippen LogP contribution in [0.4, 0.5) is 11.6 Å². The smallest absolute Gasteiger partial charge is 0.228 e. The van der Waals surface area contributed by atoms with Crippen LogP contribution in [0.15, 0.2) is 30.6 Å². The first-order chi connectivity index (χ1) is 14.6. The van der Waals surface area contributed by atoms with E-state index in [-0.39, 0.29) is 18.4 Å². The Labute approximate surface area is 173 Å². The fraction of sp³-hybridized carbons (Fsp3) is 0.273. The van der Waals surface area contributed by atoms with E-state index in [9.17, 15) is 9.90 Å². The van der Waals surface area contributed by atoms with Gasteiger partial charge in [-0.1, -0.05) is 5.92 Å². The molecule has 1 fully saturated rings. The second kappa shape index (κ2) is 8.35. The minimum atomic E-state index is -0.281. The first kappa shape index (κ1) is 19.6. The maximum atomic E-state index is 12.1. The van der Waals surface area contributed by atoms with Gasteiger partial charge in [-0.05, 0) is 37.0 Å². The second-order valence-corrected chi connectivity index (χ2v) is 6.90. The molecule has 0 saturated heterocycles. The van der Waals surface area contributed by atoms with Crippen molar-refractivity contribution < 1.29 is 14.6 Å². The van der Waals surface area contributed by atoms with Crippen LogP contribution < -0.4 is 15.4 Å². The predicted molar refractivity (Wildman–Crippen MR) is 113 cm³/mol. The Morgan fingerprint density at radius 2 is 2.07 bits per heavy atom. The molecule has 0 aliphatic heterocycles. The predicted octanol–water partition coefficient (Wildman–Crippen LogP) is 2.32. The molecule has 3 heterocycles. The maximum Gasteiger partial charge on any atom is 0.228 e. The largest absolute Gasteiger partial charge is 0.495 e. The summed E-state index contributed by atoms with van der Waals surface area (Å²) in [4.78, 5) is 25.2. The van der Waals surface area contributed by atoms with Crippen molar-refractivity contribution in [2.24, 2.45) is 5.92 Å². The van der Waals surface area contributed by atoms with Crippen LogP contribution in [0.25, 0.3) is 10.8 Å². The summed E-state index contributed by atoms with van der Waals surface area (Å²) in [6, 6.07) is 5.30. The quantitative estimate of drug-likeness (QED) is 0.561. The third-order valence-electron chi connectivity index (χ3n) is 4.84. The fourth-order valence-electron chi connectivity index (χ4n) is 3.05. The number of nitrogens with zero attached hydrogens (tertiary/aromatic N) is 3. The molecule has 0 radical (unpaired) electrons. The number of amides is 1. The second-order valence-electron chi connectivity index (χ2n) is 6.90. The van der Waals surface area contributed by atoms with Crippen molar-refractivity contribution in [1.82, 2.24) is 15.0 Å². The van der Waals surface area contributed by atoms with Gasteiger partial charge in [0.15, 0.2) is 0 Å². The van der Waals surface area contributed by atoms with Gasteiger partial charge in [0, 0.05) is 29.9 Å². The number of anilines is 2. The number of rotatable bonds is 5. The molecular formula is C22H21N5O3. The van der Waals surface area contributed by atoms with Gasteiger partial charge in [0.1, 0.15) is 23.1 Å². The highest BCUT2D eigenvalue weighted by Gasteiger charge is 2.29. The third kappa shape index (κ3) is 4.02. The molecule has 4 rings (SSSR count). The zero-order chi connectivity index (χ0) is 21.1. The van der Waals surface area contributed by atoms with Gasteiger partial charge < -0.3 is 20.5 Å². The molecule has 1 aliphatic rings. The molecule has 3 aromatic heterocycles. The molecule has 1 aliphatic carbocycles. The summed E-state index contributed by atoms with van der Waals surface area (Å²) in [6.07, 6.45) is 5.06. The highest BCUT2D eigenvalue weighted by atomic mass is 16.5. The van der Waals surface area contributed by atoms with Crippen molar-refractivity contribution >= 4 is 28.3 Å². The summed E-state index contributed by atoms with van der Waals surface area (Å²) in [5.74, 6) is 7.81. The summed E-state index contributed by atoms with van der Waals surface area (Å²) >= 11 is 0. The Morgan fingerprint density at radius 1 is 1.23 bits per heavy atom. The Balaban J connectivity index is 1.80. The summed E-state index contributed by atoms with van der Waals surface area (Å²) in [5, 5.41) is 17.2. The molecule has 8 heteroatoms. The summed E-state index contributed by atoms with van der Waals surface area (Å²) in [6.45, 7) is -0.281. The van der Waals surface area contributed by atoms with Crippen LogP contribution in [-0.4, -0.2) is 40.1 Å². The van der Waals surface area contributed by atoms with Gasteiger partial charge in [0.05, 0.1) is 31.2 Å². The SMILES string of the molecule is CNc1nc(CO)c(C#Cc2ccc(OC)cn2)c2cc(NC(=O)C3CC3)ncc12. The number of aliphatic hydroxyl groups excluding tert-OH is 1. The zero-order valence-corrected chi connectivity index (χ0v) is 16.7. The van der Waals surface area contributed by atoms with E-state index in [4.69, 9.17) is 4.74 Å². The van der Waals surface area contributed by atoms with E-state index in [0.717, 1.165) is 23.6 Å². The van der Waals surface area contributed by atoms with Crippen molar-refractivity contribution in [2.45, 2.75) is 19.4 Å². The number of aliphatic hydroxyl groups is 1. The first-order valence-electron chi connectivity index (χ1n) is 9.57. The summed E-state index contributed by atoms with van der Waals surface area (Å²) in [7, 11) is 3.32. The number of hydrogen-bond acceptors (Lipinski definition) is 7. The zero-order valence-electron chi connectivity index (χ0n) is 16.7. The van der Waals surface area contributed by atoms with Crippen LogP contribution >= 0.6 is 0 Å². The molecule has 3 N–H and O–H groups in total. The van der Waals surface area contributed by atoms with Gasteiger partial charge in [0.2, 0.25) is 5.91 Å². The van der Waals surface area contributed by atoms with Gasteiger partial charge >= 0.3 is 0 Å².